The summed E-state index contributed by atoms with van der Waals surface area (Å²) in [6, 6.07) is 31.1. The van der Waals surface area contributed by atoms with Crippen molar-refractivity contribution < 1.29 is 18.3 Å². The number of aromatic nitrogens is 6. The van der Waals surface area contributed by atoms with Crippen molar-refractivity contribution in [3.8, 4) is 33.9 Å². The number of fused-ring (bicyclic) bond motifs is 2. The number of benzene rings is 4. The zero-order valence-electron chi connectivity index (χ0n) is 31.6. The zero-order valence-corrected chi connectivity index (χ0v) is 31.6. The van der Waals surface area contributed by atoms with E-state index in [4.69, 9.17) is 18.3 Å². The van der Waals surface area contributed by atoms with Gasteiger partial charge in [0.2, 0.25) is 5.43 Å². The van der Waals surface area contributed by atoms with E-state index in [-0.39, 0.29) is 10.9 Å². The van der Waals surface area contributed by atoms with Gasteiger partial charge in [-0.25, -0.2) is 9.36 Å². The molecule has 14 heteroatoms. The van der Waals surface area contributed by atoms with Crippen LogP contribution in [0.2, 0.25) is 0 Å². The molecule has 0 saturated carbocycles. The molecule has 0 amide bonds. The van der Waals surface area contributed by atoms with Gasteiger partial charge in [0.1, 0.15) is 47.9 Å². The SMILES string of the molecule is O=c1cc(-c2ccccc2)oc2cc(OCCn3cc(CN4CCN(Cc5cn(CCOc6ccc7occ(-c8ccccc8)c(=O)c7c6)nn5)CC4)nn3)ccc12. The van der Waals surface area contributed by atoms with Crippen molar-refractivity contribution in [2.45, 2.75) is 26.2 Å². The molecule has 1 aliphatic heterocycles. The third-order valence-electron chi connectivity index (χ3n) is 10.2. The second-order valence-corrected chi connectivity index (χ2v) is 14.2. The van der Waals surface area contributed by atoms with Crippen LogP contribution < -0.4 is 20.3 Å². The van der Waals surface area contributed by atoms with E-state index in [1.165, 1.54) is 12.3 Å². The Morgan fingerprint density at radius 1 is 0.603 bits per heavy atom. The average molecular weight is 777 g/mol. The van der Waals surface area contributed by atoms with E-state index in [0.29, 0.717) is 84.2 Å². The van der Waals surface area contributed by atoms with E-state index in [9.17, 15) is 9.59 Å². The summed E-state index contributed by atoms with van der Waals surface area (Å²) in [5.41, 5.74) is 4.78. The van der Waals surface area contributed by atoms with Crippen LogP contribution in [0.3, 0.4) is 0 Å². The number of piperazine rings is 1. The van der Waals surface area contributed by atoms with Gasteiger partial charge in [-0.05, 0) is 35.9 Å². The third-order valence-corrected chi connectivity index (χ3v) is 10.2. The van der Waals surface area contributed by atoms with Crippen LogP contribution >= 0.6 is 0 Å². The maximum Gasteiger partial charge on any atom is 0.200 e. The maximum atomic E-state index is 13.2. The van der Waals surface area contributed by atoms with Crippen LogP contribution in [-0.2, 0) is 26.2 Å². The van der Waals surface area contributed by atoms with Crippen molar-refractivity contribution in [3.63, 3.8) is 0 Å². The van der Waals surface area contributed by atoms with E-state index in [0.717, 1.165) is 48.7 Å². The van der Waals surface area contributed by atoms with Crippen LogP contribution in [0.15, 0.2) is 140 Å². The Balaban J connectivity index is 0.707. The van der Waals surface area contributed by atoms with E-state index in [1.54, 1.807) is 45.8 Å². The quantitative estimate of drug-likeness (QED) is 0.130. The van der Waals surface area contributed by atoms with Gasteiger partial charge in [0.05, 0.1) is 40.8 Å². The van der Waals surface area contributed by atoms with Crippen molar-refractivity contribution in [3.05, 3.63) is 154 Å². The standard InChI is InChI=1S/C44H40N8O6/c53-40-25-42(32-9-5-2-6-10-32)58-43-24-36(11-13-37(40)43)56-22-20-52-29-34(46-48-52)27-50-17-15-49(16-18-50)26-33-28-51(47-45-33)19-21-55-35-12-14-41-38(23-35)44(54)39(30-57-41)31-7-3-1-4-8-31/h1-14,23-25,28-30H,15-22,26-27H2. The molecule has 0 radical (unpaired) electrons. The Kier molecular flexibility index (Phi) is 10.6. The molecule has 292 valence electrons. The van der Waals surface area contributed by atoms with Crippen molar-refractivity contribution in [1.82, 2.24) is 39.8 Å². The largest absolute Gasteiger partial charge is 0.492 e. The lowest BCUT2D eigenvalue weighted by Crippen LogP contribution is -2.45. The minimum atomic E-state index is -0.0959. The highest BCUT2D eigenvalue weighted by Crippen LogP contribution is 2.26. The molecule has 0 N–H and O–H groups in total. The van der Waals surface area contributed by atoms with E-state index >= 15 is 0 Å². The summed E-state index contributed by atoms with van der Waals surface area (Å²) < 4.78 is 27.4. The lowest BCUT2D eigenvalue weighted by Gasteiger charge is -2.33. The molecule has 0 bridgehead atoms. The second-order valence-electron chi connectivity index (χ2n) is 14.2. The van der Waals surface area contributed by atoms with E-state index in [2.05, 4.69) is 30.4 Å². The van der Waals surface area contributed by atoms with Gasteiger partial charge in [-0.15, -0.1) is 10.2 Å². The van der Waals surface area contributed by atoms with E-state index in [1.807, 2.05) is 73.1 Å². The van der Waals surface area contributed by atoms with Crippen LogP contribution in [0.4, 0.5) is 0 Å². The first kappa shape index (κ1) is 36.7. The molecular weight excluding hydrogens is 737 g/mol. The first-order valence-electron chi connectivity index (χ1n) is 19.2. The summed E-state index contributed by atoms with van der Waals surface area (Å²) >= 11 is 0. The molecule has 8 aromatic rings. The molecule has 0 unspecified atom stereocenters. The fourth-order valence-electron chi connectivity index (χ4n) is 7.11. The van der Waals surface area contributed by atoms with Crippen molar-refractivity contribution in [1.29, 1.82) is 0 Å². The number of ether oxygens (including phenoxy) is 2. The Labute approximate surface area is 332 Å². The summed E-state index contributed by atoms with van der Waals surface area (Å²) in [5, 5.41) is 18.4. The van der Waals surface area contributed by atoms with Gasteiger partial charge in [-0.3, -0.25) is 19.4 Å². The van der Waals surface area contributed by atoms with Crippen LogP contribution in [-0.4, -0.2) is 79.2 Å². The Morgan fingerprint density at radius 3 is 1.83 bits per heavy atom. The summed E-state index contributed by atoms with van der Waals surface area (Å²) in [4.78, 5) is 30.7. The number of hydrogen-bond acceptors (Lipinski definition) is 12. The summed E-state index contributed by atoms with van der Waals surface area (Å²) in [7, 11) is 0. The number of nitrogens with zero attached hydrogens (tertiary/aromatic N) is 8. The van der Waals surface area contributed by atoms with E-state index < -0.39 is 0 Å². The predicted molar refractivity (Wildman–Crippen MR) is 217 cm³/mol. The predicted octanol–water partition coefficient (Wildman–Crippen LogP) is 5.89. The lowest BCUT2D eigenvalue weighted by atomic mass is 10.1. The van der Waals surface area contributed by atoms with Crippen LogP contribution in [0, 0.1) is 0 Å². The Bertz CT molecular complexity index is 2770. The zero-order chi connectivity index (χ0) is 39.3. The van der Waals surface area contributed by atoms with Gasteiger partial charge in [0.25, 0.3) is 0 Å². The maximum absolute atomic E-state index is 13.2. The first-order chi connectivity index (χ1) is 28.5. The van der Waals surface area contributed by atoms with Crippen molar-refractivity contribution in [2.75, 3.05) is 39.4 Å². The molecule has 4 aromatic carbocycles. The molecule has 58 heavy (non-hydrogen) atoms. The molecule has 1 fully saturated rings. The Morgan fingerprint density at radius 2 is 1.19 bits per heavy atom. The van der Waals surface area contributed by atoms with Gasteiger partial charge in [0, 0.05) is 69.4 Å². The van der Waals surface area contributed by atoms with Crippen molar-refractivity contribution >= 4 is 21.9 Å². The number of rotatable bonds is 14. The third kappa shape index (κ3) is 8.43. The molecule has 5 heterocycles. The molecule has 4 aromatic heterocycles. The normalized spacial score (nSPS) is 13.7. The highest BCUT2D eigenvalue weighted by atomic mass is 16.5. The fraction of sp³-hybridized carbons (Fsp3) is 0.227. The highest BCUT2D eigenvalue weighted by molar-refractivity contribution is 5.83. The number of hydrogen-bond donors (Lipinski definition) is 0. The van der Waals surface area contributed by atoms with Crippen LogP contribution in [0.1, 0.15) is 11.4 Å². The summed E-state index contributed by atoms with van der Waals surface area (Å²) in [6.45, 7) is 6.83. The molecular formula is C44H40N8O6. The summed E-state index contributed by atoms with van der Waals surface area (Å²) in [5.74, 6) is 1.73. The minimum absolute atomic E-state index is 0.0947. The van der Waals surface area contributed by atoms with Gasteiger partial charge in [-0.2, -0.15) is 0 Å². The fourth-order valence-corrected chi connectivity index (χ4v) is 7.11. The van der Waals surface area contributed by atoms with Crippen molar-refractivity contribution in [2.24, 2.45) is 0 Å². The molecule has 1 aliphatic rings. The smallest absolute Gasteiger partial charge is 0.200 e. The first-order valence-corrected chi connectivity index (χ1v) is 19.2. The molecule has 9 rings (SSSR count). The van der Waals surface area contributed by atoms with Gasteiger partial charge < -0.3 is 18.3 Å². The van der Waals surface area contributed by atoms with Gasteiger partial charge >= 0.3 is 0 Å². The molecule has 1 saturated heterocycles. The van der Waals surface area contributed by atoms with Crippen LogP contribution in [0.25, 0.3) is 44.4 Å². The minimum Gasteiger partial charge on any atom is -0.492 e. The topological polar surface area (TPSA) is 147 Å². The monoisotopic (exact) mass is 776 g/mol. The molecule has 14 nitrogen and oxygen atoms in total. The van der Waals surface area contributed by atoms with Crippen LogP contribution in [0.5, 0.6) is 11.5 Å². The molecule has 0 aliphatic carbocycles. The highest BCUT2D eigenvalue weighted by Gasteiger charge is 2.19. The summed E-state index contributed by atoms with van der Waals surface area (Å²) in [6.07, 6.45) is 5.43. The van der Waals surface area contributed by atoms with Gasteiger partial charge in [-0.1, -0.05) is 71.1 Å². The molecule has 0 spiro atoms. The van der Waals surface area contributed by atoms with Gasteiger partial charge in [0.15, 0.2) is 5.43 Å². The Hall–Kier alpha value is -6.90. The second kappa shape index (κ2) is 16.7. The average Bonchev–Trinajstić information content (AvgIpc) is 3.91. The lowest BCUT2D eigenvalue weighted by molar-refractivity contribution is 0.120. The molecule has 0 atom stereocenters.